The van der Waals surface area contributed by atoms with E-state index in [4.69, 9.17) is 4.74 Å². The highest BCUT2D eigenvalue weighted by atomic mass is 16.5. The summed E-state index contributed by atoms with van der Waals surface area (Å²) in [6.07, 6.45) is 1.04. The topological polar surface area (TPSA) is 82.9 Å². The third-order valence-corrected chi connectivity index (χ3v) is 5.15. The smallest absolute Gasteiger partial charge is 0.254 e. The molecular weight excluding hydrogens is 356 g/mol. The Bertz CT molecular complexity index is 1020. The molecule has 2 heterocycles. The average Bonchev–Trinajstić information content (AvgIpc) is 2.71. The fourth-order valence-corrected chi connectivity index (χ4v) is 3.50. The van der Waals surface area contributed by atoms with Gasteiger partial charge in [-0.1, -0.05) is 12.1 Å². The number of hydrogen-bond acceptors (Lipinski definition) is 5. The van der Waals surface area contributed by atoms with Crippen molar-refractivity contribution in [1.29, 1.82) is 0 Å². The van der Waals surface area contributed by atoms with Gasteiger partial charge < -0.3 is 19.8 Å². The number of piperidine rings is 1. The van der Waals surface area contributed by atoms with Crippen LogP contribution in [0.25, 0.3) is 10.9 Å². The summed E-state index contributed by atoms with van der Waals surface area (Å²) in [6.45, 7) is 2.43. The Morgan fingerprint density at radius 2 is 2.07 bits per heavy atom. The Hall–Kier alpha value is -3.12. The van der Waals surface area contributed by atoms with Gasteiger partial charge in [0.05, 0.1) is 12.1 Å². The van der Waals surface area contributed by atoms with Gasteiger partial charge in [0.2, 0.25) is 0 Å². The number of pyridine rings is 1. The monoisotopic (exact) mass is 378 g/mol. The number of ether oxygens (including phenoxy) is 1. The molecule has 6 nitrogen and oxygen atoms in total. The summed E-state index contributed by atoms with van der Waals surface area (Å²) >= 11 is 0. The molecular formula is C22H22N2O4. The summed E-state index contributed by atoms with van der Waals surface area (Å²) in [4.78, 5) is 18.6. The minimum Gasteiger partial charge on any atom is -0.508 e. The number of hydrogen-bond donors (Lipinski definition) is 2. The van der Waals surface area contributed by atoms with Crippen LogP contribution in [0.2, 0.25) is 0 Å². The average molecular weight is 378 g/mol. The Balaban J connectivity index is 1.46. The van der Waals surface area contributed by atoms with Crippen molar-refractivity contribution in [2.45, 2.75) is 25.6 Å². The molecule has 1 aromatic heterocycles. The van der Waals surface area contributed by atoms with Gasteiger partial charge in [-0.3, -0.25) is 9.78 Å². The van der Waals surface area contributed by atoms with Crippen LogP contribution in [-0.4, -0.2) is 51.3 Å². The summed E-state index contributed by atoms with van der Waals surface area (Å²) in [6, 6.07) is 14.3. The summed E-state index contributed by atoms with van der Waals surface area (Å²) < 4.78 is 6.08. The summed E-state index contributed by atoms with van der Waals surface area (Å²) in [5.41, 5.74) is 1.96. The number of nitrogens with zero attached hydrogens (tertiary/aromatic N) is 2. The Labute approximate surface area is 163 Å². The van der Waals surface area contributed by atoms with Crippen LogP contribution in [-0.2, 0) is 0 Å². The lowest BCUT2D eigenvalue weighted by atomic mass is 10.0. The molecule has 28 heavy (non-hydrogen) atoms. The van der Waals surface area contributed by atoms with E-state index in [2.05, 4.69) is 4.98 Å². The number of fused-ring (bicyclic) bond motifs is 1. The second kappa shape index (κ2) is 7.48. The number of aromatic nitrogens is 1. The van der Waals surface area contributed by atoms with E-state index in [1.54, 1.807) is 30.2 Å². The van der Waals surface area contributed by atoms with E-state index >= 15 is 0 Å². The molecule has 4 rings (SSSR count). The normalized spacial score (nSPS) is 19.6. The summed E-state index contributed by atoms with van der Waals surface area (Å²) in [7, 11) is 0. The van der Waals surface area contributed by atoms with Crippen molar-refractivity contribution in [3.63, 3.8) is 0 Å². The lowest BCUT2D eigenvalue weighted by Gasteiger charge is -2.36. The van der Waals surface area contributed by atoms with Crippen LogP contribution < -0.4 is 4.74 Å². The van der Waals surface area contributed by atoms with E-state index in [0.29, 0.717) is 29.8 Å². The van der Waals surface area contributed by atoms with E-state index in [1.807, 2.05) is 30.3 Å². The molecule has 3 aromatic rings. The Kier molecular flexibility index (Phi) is 4.88. The molecule has 6 heteroatoms. The molecule has 0 radical (unpaired) electrons. The highest BCUT2D eigenvalue weighted by molar-refractivity contribution is 5.94. The first-order chi connectivity index (χ1) is 13.5. The number of aromatic hydroxyl groups is 1. The quantitative estimate of drug-likeness (QED) is 0.732. The number of aliphatic hydroxyl groups is 1. The van der Waals surface area contributed by atoms with Crippen molar-refractivity contribution < 1.29 is 19.7 Å². The molecule has 0 saturated carbocycles. The number of carbonyl (C=O) groups is 1. The van der Waals surface area contributed by atoms with E-state index in [0.717, 1.165) is 10.9 Å². The highest BCUT2D eigenvalue weighted by Crippen LogP contribution is 2.28. The van der Waals surface area contributed by atoms with Crippen molar-refractivity contribution in [2.24, 2.45) is 0 Å². The predicted octanol–water partition coefficient (Wildman–Crippen LogP) is 2.90. The molecule has 2 atom stereocenters. The molecule has 2 aromatic carbocycles. The molecule has 0 bridgehead atoms. The molecule has 1 aliphatic rings. The van der Waals surface area contributed by atoms with Crippen LogP contribution in [0.4, 0.5) is 0 Å². The minimum absolute atomic E-state index is 0.0918. The van der Waals surface area contributed by atoms with Crippen LogP contribution in [0.15, 0.2) is 54.7 Å². The van der Waals surface area contributed by atoms with Crippen molar-refractivity contribution in [3.05, 3.63) is 65.9 Å². The van der Waals surface area contributed by atoms with Gasteiger partial charge in [0.15, 0.2) is 0 Å². The largest absolute Gasteiger partial charge is 0.508 e. The molecule has 0 unspecified atom stereocenters. The number of β-amino-alcohol motifs (C(OH)–C–C–N with tert-alkyl or cyclic N) is 1. The molecule has 1 aliphatic heterocycles. The number of rotatable bonds is 3. The number of phenolic OH excluding ortho intramolecular Hbond substituents is 1. The van der Waals surface area contributed by atoms with Gasteiger partial charge in [-0.05, 0) is 48.9 Å². The van der Waals surface area contributed by atoms with Gasteiger partial charge in [-0.15, -0.1) is 0 Å². The zero-order valence-corrected chi connectivity index (χ0v) is 15.6. The van der Waals surface area contributed by atoms with Gasteiger partial charge >= 0.3 is 0 Å². The third-order valence-electron chi connectivity index (χ3n) is 5.15. The van der Waals surface area contributed by atoms with Crippen molar-refractivity contribution in [3.8, 4) is 11.5 Å². The molecule has 144 valence electrons. The molecule has 1 fully saturated rings. The summed E-state index contributed by atoms with van der Waals surface area (Å²) in [5, 5.41) is 21.3. The van der Waals surface area contributed by atoms with Crippen LogP contribution in [0, 0.1) is 6.92 Å². The lowest BCUT2D eigenvalue weighted by Crippen LogP contribution is -2.51. The zero-order chi connectivity index (χ0) is 19.7. The number of aliphatic hydroxyl groups excluding tert-OH is 1. The number of aryl methyl sites for hydroxylation is 1. The van der Waals surface area contributed by atoms with Crippen molar-refractivity contribution in [2.75, 3.05) is 13.1 Å². The highest BCUT2D eigenvalue weighted by Gasteiger charge is 2.32. The first-order valence-electron chi connectivity index (χ1n) is 9.30. The molecule has 2 N–H and O–H groups in total. The lowest BCUT2D eigenvalue weighted by molar-refractivity contribution is -0.0193. The van der Waals surface area contributed by atoms with Crippen LogP contribution in [0.3, 0.4) is 0 Å². The van der Waals surface area contributed by atoms with E-state index in [-0.39, 0.29) is 18.2 Å². The van der Waals surface area contributed by atoms with Crippen molar-refractivity contribution >= 4 is 16.8 Å². The first-order valence-corrected chi connectivity index (χ1v) is 9.30. The second-order valence-corrected chi connectivity index (χ2v) is 7.09. The molecule has 0 aliphatic carbocycles. The van der Waals surface area contributed by atoms with Crippen LogP contribution >= 0.6 is 0 Å². The summed E-state index contributed by atoms with van der Waals surface area (Å²) in [5.74, 6) is 0.564. The second-order valence-electron chi connectivity index (χ2n) is 7.09. The molecule has 1 saturated heterocycles. The Morgan fingerprint density at radius 1 is 1.21 bits per heavy atom. The minimum atomic E-state index is -0.802. The Morgan fingerprint density at radius 3 is 2.86 bits per heavy atom. The third kappa shape index (κ3) is 3.51. The van der Waals surface area contributed by atoms with E-state index in [1.165, 1.54) is 6.07 Å². The number of amides is 1. The number of phenols is 1. The maximum absolute atomic E-state index is 12.7. The SMILES string of the molecule is Cc1ccc(C(=O)N2CC[C@@H](Oc3cccc4ncccc34)[C@H](O)C2)cc1O. The fraction of sp³-hybridized carbons (Fsp3) is 0.273. The first kappa shape index (κ1) is 18.3. The van der Waals surface area contributed by atoms with Crippen molar-refractivity contribution in [1.82, 2.24) is 9.88 Å². The van der Waals surface area contributed by atoms with Crippen LogP contribution in [0.5, 0.6) is 11.5 Å². The van der Waals surface area contributed by atoms with E-state index < -0.39 is 12.2 Å². The number of benzene rings is 2. The zero-order valence-electron chi connectivity index (χ0n) is 15.6. The number of likely N-dealkylation sites (tertiary alicyclic amines) is 1. The van der Waals surface area contributed by atoms with Gasteiger partial charge in [0.25, 0.3) is 5.91 Å². The molecule has 1 amide bonds. The number of carbonyl (C=O) groups excluding carboxylic acids is 1. The standard InChI is InChI=1S/C22H22N2O4/c1-14-7-8-15(12-18(14)25)22(27)24-11-9-21(19(26)13-24)28-20-6-2-5-17-16(20)4-3-10-23-17/h2-8,10,12,19,21,25-26H,9,11,13H2,1H3/t19-,21-/m1/s1. The maximum Gasteiger partial charge on any atom is 0.254 e. The molecule has 0 spiro atoms. The van der Waals surface area contributed by atoms with Crippen LogP contribution in [0.1, 0.15) is 22.3 Å². The van der Waals surface area contributed by atoms with Gasteiger partial charge in [0, 0.05) is 30.1 Å². The van der Waals surface area contributed by atoms with Gasteiger partial charge in [-0.2, -0.15) is 0 Å². The predicted molar refractivity (Wildman–Crippen MR) is 106 cm³/mol. The van der Waals surface area contributed by atoms with Gasteiger partial charge in [0.1, 0.15) is 23.7 Å². The fourth-order valence-electron chi connectivity index (χ4n) is 3.50. The van der Waals surface area contributed by atoms with Gasteiger partial charge in [-0.25, -0.2) is 0 Å². The van der Waals surface area contributed by atoms with E-state index in [9.17, 15) is 15.0 Å². The maximum atomic E-state index is 12.7.